The zero-order valence-electron chi connectivity index (χ0n) is 15.3. The number of rotatable bonds is 3. The second-order valence-electron chi connectivity index (χ2n) is 7.69. The van der Waals surface area contributed by atoms with Gasteiger partial charge in [-0.2, -0.15) is 0 Å². The second-order valence-corrected chi connectivity index (χ2v) is 7.69. The minimum absolute atomic E-state index is 0.0187. The second kappa shape index (κ2) is 6.12. The lowest BCUT2D eigenvalue weighted by Crippen LogP contribution is -2.60. The van der Waals surface area contributed by atoms with Gasteiger partial charge in [0.15, 0.2) is 11.5 Å². The summed E-state index contributed by atoms with van der Waals surface area (Å²) in [6, 6.07) is 1.49. The topological polar surface area (TPSA) is 94.4 Å². The smallest absolute Gasteiger partial charge is 0.341 e. The van der Waals surface area contributed by atoms with E-state index in [1.54, 1.807) is 4.57 Å². The Morgan fingerprint density at radius 1 is 1.44 bits per heavy atom. The molecule has 7 nitrogen and oxygen atoms in total. The quantitative estimate of drug-likeness (QED) is 0.634. The van der Waals surface area contributed by atoms with Gasteiger partial charge in [0.2, 0.25) is 5.43 Å². The molecule has 2 atom stereocenters. The number of halogens is 1. The number of pyridine rings is 1. The van der Waals surface area contributed by atoms with Gasteiger partial charge in [-0.1, -0.05) is 0 Å². The number of benzene rings is 1. The highest BCUT2D eigenvalue weighted by Gasteiger charge is 2.34. The van der Waals surface area contributed by atoms with Gasteiger partial charge < -0.3 is 24.8 Å². The average molecular weight is 375 g/mol. The molecule has 2 unspecified atom stereocenters. The van der Waals surface area contributed by atoms with Crippen LogP contribution in [0, 0.1) is 17.9 Å². The van der Waals surface area contributed by atoms with Gasteiger partial charge in [0, 0.05) is 30.4 Å². The Morgan fingerprint density at radius 3 is 2.74 bits per heavy atom. The van der Waals surface area contributed by atoms with Crippen LogP contribution in [0.2, 0.25) is 0 Å². The molecule has 144 valence electrons. The fraction of sp³-hybridized carbons (Fsp3) is 0.474. The van der Waals surface area contributed by atoms with Crippen LogP contribution < -0.4 is 15.4 Å². The lowest BCUT2D eigenvalue weighted by molar-refractivity contribution is 0.0695. The first-order valence-electron chi connectivity index (χ1n) is 9.16. The van der Waals surface area contributed by atoms with Gasteiger partial charge in [-0.25, -0.2) is 9.18 Å². The van der Waals surface area contributed by atoms with Crippen molar-refractivity contribution in [3.63, 3.8) is 0 Å². The van der Waals surface area contributed by atoms with E-state index in [0.29, 0.717) is 12.1 Å². The molecule has 1 saturated heterocycles. The summed E-state index contributed by atoms with van der Waals surface area (Å²) < 4.78 is 16.2. The van der Waals surface area contributed by atoms with E-state index in [0.717, 1.165) is 12.8 Å². The van der Waals surface area contributed by atoms with Gasteiger partial charge >= 0.3 is 5.97 Å². The van der Waals surface area contributed by atoms with Crippen molar-refractivity contribution >= 4 is 22.6 Å². The number of aromatic nitrogens is 1. The Kier molecular flexibility index (Phi) is 4.10. The highest BCUT2D eigenvalue weighted by molar-refractivity contribution is 5.95. The number of fused-ring (bicyclic) bond motifs is 1. The maximum Gasteiger partial charge on any atom is 0.341 e. The molecule has 8 heteroatoms. The fourth-order valence-electron chi connectivity index (χ4n) is 4.06. The maximum absolute atomic E-state index is 15.2. The predicted octanol–water partition coefficient (Wildman–Crippen LogP) is 2.28. The number of carboxylic acids is 1. The van der Waals surface area contributed by atoms with Crippen LogP contribution in [-0.2, 0) is 0 Å². The number of carboxylic acid groups (broad SMARTS) is 1. The van der Waals surface area contributed by atoms with Gasteiger partial charge in [0.25, 0.3) is 0 Å². The summed E-state index contributed by atoms with van der Waals surface area (Å²) in [6.07, 6.45) is 3.06. The molecule has 0 radical (unpaired) electrons. The third-order valence-electron chi connectivity index (χ3n) is 5.62. The number of carbonyl (C=O) groups is 1. The molecule has 2 heterocycles. The summed E-state index contributed by atoms with van der Waals surface area (Å²) >= 11 is 0. The van der Waals surface area contributed by atoms with E-state index < -0.39 is 21.9 Å². The molecule has 0 amide bonds. The fourth-order valence-corrected chi connectivity index (χ4v) is 4.06. The number of aryl methyl sites for hydroxylation is 1. The van der Waals surface area contributed by atoms with E-state index in [4.69, 9.17) is 0 Å². The van der Waals surface area contributed by atoms with Gasteiger partial charge in [0.1, 0.15) is 5.56 Å². The molecular formula is C19H22FN3O4. The number of hydrogen-bond acceptors (Lipinski definition) is 4. The van der Waals surface area contributed by atoms with E-state index in [-0.39, 0.29) is 47.4 Å². The zero-order chi connectivity index (χ0) is 19.5. The third-order valence-corrected chi connectivity index (χ3v) is 5.62. The van der Waals surface area contributed by atoms with Crippen LogP contribution >= 0.6 is 0 Å². The molecule has 0 bridgehead atoms. The van der Waals surface area contributed by atoms with Crippen molar-refractivity contribution < 1.29 is 14.3 Å². The normalized spacial score (nSPS) is 25.7. The Hall–Kier alpha value is -2.29. The van der Waals surface area contributed by atoms with Crippen molar-refractivity contribution in [1.82, 2.24) is 14.5 Å². The summed E-state index contributed by atoms with van der Waals surface area (Å²) in [5.41, 5.74) is -0.564. The Bertz CT molecular complexity index is 1010. The minimum atomic E-state index is -1.33. The predicted molar refractivity (Wildman–Crippen MR) is 100 cm³/mol. The maximum atomic E-state index is 15.2. The summed E-state index contributed by atoms with van der Waals surface area (Å²) in [4.78, 5) is 24.2. The van der Waals surface area contributed by atoms with E-state index in [1.165, 1.54) is 19.2 Å². The Morgan fingerprint density at radius 2 is 2.15 bits per heavy atom. The summed E-state index contributed by atoms with van der Waals surface area (Å²) in [7, 11) is 0. The van der Waals surface area contributed by atoms with E-state index in [1.807, 2.05) is 6.92 Å². The van der Waals surface area contributed by atoms with Crippen LogP contribution in [-0.4, -0.2) is 41.3 Å². The van der Waals surface area contributed by atoms with Gasteiger partial charge in [-0.3, -0.25) is 4.79 Å². The summed E-state index contributed by atoms with van der Waals surface area (Å²) in [6.45, 7) is 4.21. The van der Waals surface area contributed by atoms with Crippen LogP contribution in [0.15, 0.2) is 17.1 Å². The molecule has 1 aromatic carbocycles. The molecule has 27 heavy (non-hydrogen) atoms. The lowest BCUT2D eigenvalue weighted by Gasteiger charge is -2.47. The average Bonchev–Trinajstić information content (AvgIpc) is 3.42. The van der Waals surface area contributed by atoms with E-state index in [2.05, 4.69) is 5.32 Å². The molecule has 4 rings (SSSR count). The summed E-state index contributed by atoms with van der Waals surface area (Å²) in [5, 5.41) is 26.0. The minimum Gasteiger partial charge on any atom is -0.627 e. The van der Waals surface area contributed by atoms with Crippen LogP contribution in [0.5, 0.6) is 0 Å². The standard InChI is InChI=1S/C19H22FN3O4/c1-10-9-23(27,6-5-21-10)15-7-14-16(11(2)17(15)20)18(24)13(19(25)26)8-22(14)12-3-4-12/h7-8,10,12,21H,3-6,9H2,1-2H3,(H,25,26). The Balaban J connectivity index is 2.03. The van der Waals surface area contributed by atoms with Crippen LogP contribution in [0.3, 0.4) is 0 Å². The molecule has 2 aromatic rings. The number of quaternary nitrogens is 1. The van der Waals surface area contributed by atoms with Crippen molar-refractivity contribution in [2.75, 3.05) is 19.6 Å². The number of aromatic carboxylic acids is 1. The van der Waals surface area contributed by atoms with Crippen molar-refractivity contribution in [1.29, 1.82) is 0 Å². The number of piperazine rings is 1. The first kappa shape index (κ1) is 18.1. The SMILES string of the molecule is Cc1c(F)c([N+]2([O-])CCNC(C)C2)cc2c1c(=O)c(C(=O)O)cn2C1CC1. The van der Waals surface area contributed by atoms with Crippen molar-refractivity contribution in [3.05, 3.63) is 44.6 Å². The number of nitrogens with one attached hydrogen (secondary N) is 1. The molecule has 1 saturated carbocycles. The van der Waals surface area contributed by atoms with E-state index >= 15 is 4.39 Å². The van der Waals surface area contributed by atoms with Crippen LogP contribution in [0.4, 0.5) is 10.1 Å². The van der Waals surface area contributed by atoms with Gasteiger partial charge in [0.05, 0.1) is 30.0 Å². The highest BCUT2D eigenvalue weighted by atomic mass is 19.1. The van der Waals surface area contributed by atoms with Gasteiger partial charge in [-0.05, 0) is 26.7 Å². The first-order valence-corrected chi connectivity index (χ1v) is 9.16. The molecule has 1 aromatic heterocycles. The number of hydroxylamine groups is 2. The van der Waals surface area contributed by atoms with Crippen LogP contribution in [0.25, 0.3) is 10.9 Å². The summed E-state index contributed by atoms with van der Waals surface area (Å²) in [5.74, 6) is -2.04. The monoisotopic (exact) mass is 375 g/mol. The van der Waals surface area contributed by atoms with Gasteiger partial charge in [-0.15, -0.1) is 0 Å². The molecule has 2 N–H and O–H groups in total. The molecular weight excluding hydrogens is 353 g/mol. The Labute approximate surface area is 155 Å². The molecule has 1 aliphatic heterocycles. The molecule has 0 spiro atoms. The van der Waals surface area contributed by atoms with Crippen molar-refractivity contribution in [2.24, 2.45) is 0 Å². The van der Waals surface area contributed by atoms with E-state index in [9.17, 15) is 19.9 Å². The number of nitrogens with zero attached hydrogens (tertiary/aromatic N) is 2. The van der Waals surface area contributed by atoms with Crippen LogP contribution in [0.1, 0.15) is 41.7 Å². The molecule has 1 aliphatic carbocycles. The zero-order valence-corrected chi connectivity index (χ0v) is 15.3. The molecule has 2 aliphatic rings. The van der Waals surface area contributed by atoms with Crippen molar-refractivity contribution in [2.45, 2.75) is 38.8 Å². The lowest BCUT2D eigenvalue weighted by atomic mass is 10.0. The molecule has 2 fully saturated rings. The largest absolute Gasteiger partial charge is 0.627 e. The highest BCUT2D eigenvalue weighted by Crippen LogP contribution is 2.40. The third kappa shape index (κ3) is 2.84. The first-order chi connectivity index (χ1) is 12.7. The van der Waals surface area contributed by atoms with Crippen molar-refractivity contribution in [3.8, 4) is 0 Å². The number of hydrogen-bond donors (Lipinski definition) is 2.